The van der Waals surface area contributed by atoms with E-state index < -0.39 is 0 Å². The van der Waals surface area contributed by atoms with Gasteiger partial charge in [0.1, 0.15) is 0 Å². The van der Waals surface area contributed by atoms with Gasteiger partial charge in [0.15, 0.2) is 5.82 Å². The molecule has 1 aliphatic rings. The van der Waals surface area contributed by atoms with Crippen LogP contribution >= 0.6 is 0 Å². The number of anilines is 2. The third-order valence-electron chi connectivity index (χ3n) is 3.79. The lowest BCUT2D eigenvalue weighted by Crippen LogP contribution is -2.26. The summed E-state index contributed by atoms with van der Waals surface area (Å²) < 4.78 is 2.01. The molecule has 2 rings (SSSR count). The molecule has 2 heterocycles. The standard InChI is InChI=1S/C13H24N4O/c1-4-6-17-13(12(14)9(2)15-17)16-7-5-11(8-16)10(3)18/h10-11,18H,4-8,14H2,1-3H3. The zero-order valence-electron chi connectivity index (χ0n) is 11.6. The van der Waals surface area contributed by atoms with Gasteiger partial charge in [0, 0.05) is 25.6 Å². The molecular formula is C13H24N4O. The number of aryl methyl sites for hydroxylation is 2. The summed E-state index contributed by atoms with van der Waals surface area (Å²) in [5.41, 5.74) is 7.84. The number of aliphatic hydroxyl groups is 1. The van der Waals surface area contributed by atoms with Crippen molar-refractivity contribution in [2.24, 2.45) is 5.92 Å². The van der Waals surface area contributed by atoms with Crippen molar-refractivity contribution in [2.75, 3.05) is 23.7 Å². The summed E-state index contributed by atoms with van der Waals surface area (Å²) in [6.45, 7) is 8.67. The van der Waals surface area contributed by atoms with E-state index in [1.807, 2.05) is 18.5 Å². The fourth-order valence-electron chi connectivity index (χ4n) is 2.66. The van der Waals surface area contributed by atoms with E-state index in [2.05, 4.69) is 16.9 Å². The number of nitrogens with zero attached hydrogens (tertiary/aromatic N) is 3. The minimum atomic E-state index is -0.250. The van der Waals surface area contributed by atoms with Crippen molar-refractivity contribution in [3.63, 3.8) is 0 Å². The molecule has 2 unspecified atom stereocenters. The molecule has 0 bridgehead atoms. The first kappa shape index (κ1) is 13.2. The van der Waals surface area contributed by atoms with Gasteiger partial charge in [-0.15, -0.1) is 0 Å². The van der Waals surface area contributed by atoms with Gasteiger partial charge in [-0.05, 0) is 26.7 Å². The molecule has 1 aliphatic heterocycles. The van der Waals surface area contributed by atoms with Crippen LogP contribution in [0.2, 0.25) is 0 Å². The van der Waals surface area contributed by atoms with Crippen molar-refractivity contribution in [2.45, 2.75) is 46.3 Å². The van der Waals surface area contributed by atoms with Crippen LogP contribution in [0.4, 0.5) is 11.5 Å². The number of hydrogen-bond acceptors (Lipinski definition) is 4. The maximum Gasteiger partial charge on any atom is 0.150 e. The van der Waals surface area contributed by atoms with Crippen molar-refractivity contribution in [3.05, 3.63) is 5.69 Å². The maximum absolute atomic E-state index is 9.68. The van der Waals surface area contributed by atoms with Crippen molar-refractivity contribution in [3.8, 4) is 0 Å². The second-order valence-electron chi connectivity index (χ2n) is 5.28. The van der Waals surface area contributed by atoms with Crippen molar-refractivity contribution in [1.82, 2.24) is 9.78 Å². The highest BCUT2D eigenvalue weighted by molar-refractivity contribution is 5.66. The second kappa shape index (κ2) is 5.18. The first-order valence-electron chi connectivity index (χ1n) is 6.80. The Bertz CT molecular complexity index is 413. The highest BCUT2D eigenvalue weighted by atomic mass is 16.3. The summed E-state index contributed by atoms with van der Waals surface area (Å²) in [6, 6.07) is 0. The average molecular weight is 252 g/mol. The fourth-order valence-corrected chi connectivity index (χ4v) is 2.66. The number of nitrogen functional groups attached to an aromatic ring is 1. The summed E-state index contributed by atoms with van der Waals surface area (Å²) in [4.78, 5) is 2.27. The summed E-state index contributed by atoms with van der Waals surface area (Å²) in [5.74, 6) is 1.38. The van der Waals surface area contributed by atoms with Crippen molar-refractivity contribution in [1.29, 1.82) is 0 Å². The van der Waals surface area contributed by atoms with Crippen LogP contribution in [-0.4, -0.2) is 34.1 Å². The monoisotopic (exact) mass is 252 g/mol. The summed E-state index contributed by atoms with van der Waals surface area (Å²) in [5, 5.41) is 14.2. The van der Waals surface area contributed by atoms with Gasteiger partial charge < -0.3 is 15.7 Å². The molecule has 5 nitrogen and oxygen atoms in total. The number of hydrogen-bond donors (Lipinski definition) is 2. The predicted octanol–water partition coefficient (Wildman–Crippen LogP) is 1.39. The van der Waals surface area contributed by atoms with Crippen LogP contribution in [0.15, 0.2) is 0 Å². The molecule has 5 heteroatoms. The van der Waals surface area contributed by atoms with Crippen LogP contribution in [0, 0.1) is 12.8 Å². The summed E-state index contributed by atoms with van der Waals surface area (Å²) in [6.07, 6.45) is 1.81. The Labute approximate surface area is 109 Å². The predicted molar refractivity (Wildman–Crippen MR) is 73.7 cm³/mol. The molecule has 0 radical (unpaired) electrons. The van der Waals surface area contributed by atoms with E-state index in [0.717, 1.165) is 49.7 Å². The van der Waals surface area contributed by atoms with E-state index >= 15 is 0 Å². The molecule has 0 amide bonds. The van der Waals surface area contributed by atoms with Gasteiger partial charge >= 0.3 is 0 Å². The lowest BCUT2D eigenvalue weighted by Gasteiger charge is -2.21. The number of aromatic nitrogens is 2. The Hall–Kier alpha value is -1.23. The Morgan fingerprint density at radius 3 is 2.83 bits per heavy atom. The normalized spacial score (nSPS) is 21.6. The third-order valence-corrected chi connectivity index (χ3v) is 3.79. The molecule has 0 saturated carbocycles. The van der Waals surface area contributed by atoms with Crippen LogP contribution in [-0.2, 0) is 6.54 Å². The first-order valence-corrected chi connectivity index (χ1v) is 6.80. The summed E-state index contributed by atoms with van der Waals surface area (Å²) >= 11 is 0. The number of nitrogens with two attached hydrogens (primary N) is 1. The Morgan fingerprint density at radius 1 is 1.56 bits per heavy atom. The van der Waals surface area contributed by atoms with Crippen LogP contribution in [0.25, 0.3) is 0 Å². The van der Waals surface area contributed by atoms with E-state index in [1.165, 1.54) is 0 Å². The molecule has 1 saturated heterocycles. The molecule has 3 N–H and O–H groups in total. The Kier molecular flexibility index (Phi) is 3.80. The van der Waals surface area contributed by atoms with E-state index in [1.54, 1.807) is 0 Å². The molecule has 0 spiro atoms. The molecular weight excluding hydrogens is 228 g/mol. The third kappa shape index (κ3) is 2.32. The topological polar surface area (TPSA) is 67.3 Å². The van der Waals surface area contributed by atoms with Gasteiger partial charge in [-0.25, -0.2) is 4.68 Å². The molecule has 102 valence electrons. The van der Waals surface area contributed by atoms with Gasteiger partial charge in [-0.2, -0.15) is 5.10 Å². The first-order chi connectivity index (χ1) is 8.54. The smallest absolute Gasteiger partial charge is 0.150 e. The van der Waals surface area contributed by atoms with E-state index in [9.17, 15) is 5.11 Å². The zero-order valence-corrected chi connectivity index (χ0v) is 11.6. The van der Waals surface area contributed by atoms with Crippen LogP contribution in [0.3, 0.4) is 0 Å². The van der Waals surface area contributed by atoms with E-state index in [-0.39, 0.29) is 6.10 Å². The van der Waals surface area contributed by atoms with Gasteiger partial charge in [-0.3, -0.25) is 0 Å². The van der Waals surface area contributed by atoms with Crippen LogP contribution < -0.4 is 10.6 Å². The van der Waals surface area contributed by atoms with Gasteiger partial charge in [0.05, 0.1) is 17.5 Å². The largest absolute Gasteiger partial charge is 0.394 e. The fraction of sp³-hybridized carbons (Fsp3) is 0.769. The van der Waals surface area contributed by atoms with E-state index in [4.69, 9.17) is 5.73 Å². The van der Waals surface area contributed by atoms with Crippen LogP contribution in [0.1, 0.15) is 32.4 Å². The molecule has 0 aliphatic carbocycles. The van der Waals surface area contributed by atoms with E-state index in [0.29, 0.717) is 5.92 Å². The van der Waals surface area contributed by atoms with Gasteiger partial charge in [0.2, 0.25) is 0 Å². The minimum absolute atomic E-state index is 0.250. The maximum atomic E-state index is 9.68. The molecule has 0 aromatic carbocycles. The molecule has 1 aromatic rings. The SMILES string of the molecule is CCCn1nc(C)c(N)c1N1CCC(C(C)O)C1. The number of rotatable bonds is 4. The Morgan fingerprint density at radius 2 is 2.28 bits per heavy atom. The highest BCUT2D eigenvalue weighted by Crippen LogP contribution is 2.32. The second-order valence-corrected chi connectivity index (χ2v) is 5.28. The molecule has 2 atom stereocenters. The quantitative estimate of drug-likeness (QED) is 0.850. The van der Waals surface area contributed by atoms with Crippen molar-refractivity contribution >= 4 is 11.5 Å². The van der Waals surface area contributed by atoms with Crippen LogP contribution in [0.5, 0.6) is 0 Å². The van der Waals surface area contributed by atoms with Gasteiger partial charge in [0.25, 0.3) is 0 Å². The van der Waals surface area contributed by atoms with Crippen molar-refractivity contribution < 1.29 is 5.11 Å². The zero-order chi connectivity index (χ0) is 13.3. The highest BCUT2D eigenvalue weighted by Gasteiger charge is 2.29. The lowest BCUT2D eigenvalue weighted by atomic mass is 10.0. The molecule has 18 heavy (non-hydrogen) atoms. The number of aliphatic hydroxyl groups excluding tert-OH is 1. The molecule has 1 fully saturated rings. The van der Waals surface area contributed by atoms with Gasteiger partial charge in [-0.1, -0.05) is 6.92 Å². The summed E-state index contributed by atoms with van der Waals surface area (Å²) in [7, 11) is 0. The average Bonchev–Trinajstić information content (AvgIpc) is 2.87. The molecule has 1 aromatic heterocycles. The Balaban J connectivity index is 2.23. The minimum Gasteiger partial charge on any atom is -0.394 e. The lowest BCUT2D eigenvalue weighted by molar-refractivity contribution is 0.136.